The Morgan fingerprint density at radius 1 is 1.03 bits per heavy atom. The van der Waals surface area contributed by atoms with E-state index in [1.807, 2.05) is 68.4 Å². The van der Waals surface area contributed by atoms with Crippen LogP contribution in [-0.4, -0.2) is 20.3 Å². The Balaban J connectivity index is 1.83. The summed E-state index contributed by atoms with van der Waals surface area (Å²) in [5.41, 5.74) is 4.78. The predicted molar refractivity (Wildman–Crippen MR) is 120 cm³/mol. The molecule has 1 unspecified atom stereocenters. The van der Waals surface area contributed by atoms with Crippen LogP contribution in [0.2, 0.25) is 0 Å². The summed E-state index contributed by atoms with van der Waals surface area (Å²) in [6.45, 7) is 5.64. The number of rotatable bonds is 4. The van der Waals surface area contributed by atoms with Gasteiger partial charge in [-0.05, 0) is 44.0 Å². The first-order valence-electron chi connectivity index (χ1n) is 9.88. The molecule has 0 bridgehead atoms. The van der Waals surface area contributed by atoms with E-state index >= 15 is 0 Å². The Labute approximate surface area is 174 Å². The van der Waals surface area contributed by atoms with E-state index in [1.165, 1.54) is 4.57 Å². The minimum absolute atomic E-state index is 0.240. The van der Waals surface area contributed by atoms with E-state index in [-0.39, 0.29) is 11.5 Å². The van der Waals surface area contributed by atoms with Crippen LogP contribution in [0, 0.1) is 13.8 Å². The first-order chi connectivity index (χ1) is 14.4. The normalized spacial score (nSPS) is 12.1. The molecule has 0 radical (unpaired) electrons. The van der Waals surface area contributed by atoms with Crippen molar-refractivity contribution in [2.45, 2.75) is 26.8 Å². The van der Waals surface area contributed by atoms with Crippen LogP contribution in [-0.2, 0) is 11.8 Å². The molecule has 152 valence electrons. The monoisotopic (exact) mass is 400 g/mol. The highest BCUT2D eigenvalue weighted by molar-refractivity contribution is 5.98. The highest BCUT2D eigenvalue weighted by Crippen LogP contribution is 2.30. The number of hydrogen-bond acceptors (Lipinski definition) is 3. The number of nitrogens with one attached hydrogen (secondary N) is 1. The van der Waals surface area contributed by atoms with Crippen molar-refractivity contribution < 1.29 is 4.79 Å². The standard InChI is InChI=1S/C24H24N4O2/c1-15-10-12-19(13-11-15)25-23(30)17(3)28-21(29)14-20(18-8-6-5-7-9-18)22-16(2)26-27(4)24(22)28/h5-14,17H,1-4H3,(H,25,30). The van der Waals surface area contributed by atoms with E-state index in [9.17, 15) is 9.59 Å². The van der Waals surface area contributed by atoms with Crippen molar-refractivity contribution in [1.29, 1.82) is 0 Å². The zero-order valence-electron chi connectivity index (χ0n) is 17.5. The van der Waals surface area contributed by atoms with E-state index in [1.54, 1.807) is 24.7 Å². The lowest BCUT2D eigenvalue weighted by Gasteiger charge is -2.18. The van der Waals surface area contributed by atoms with Gasteiger partial charge in [0.2, 0.25) is 5.91 Å². The van der Waals surface area contributed by atoms with Gasteiger partial charge in [0.05, 0.1) is 5.69 Å². The molecule has 2 aromatic carbocycles. The molecule has 1 amide bonds. The molecule has 0 aliphatic rings. The fraction of sp³-hybridized carbons (Fsp3) is 0.208. The molecule has 6 nitrogen and oxygen atoms in total. The number of fused-ring (bicyclic) bond motifs is 1. The van der Waals surface area contributed by atoms with Gasteiger partial charge in [0.1, 0.15) is 11.7 Å². The van der Waals surface area contributed by atoms with E-state index in [0.717, 1.165) is 27.8 Å². The van der Waals surface area contributed by atoms with Crippen molar-refractivity contribution in [3.05, 3.63) is 82.3 Å². The number of anilines is 1. The molecule has 30 heavy (non-hydrogen) atoms. The average Bonchev–Trinajstić information content (AvgIpc) is 3.03. The second-order valence-electron chi connectivity index (χ2n) is 7.57. The summed E-state index contributed by atoms with van der Waals surface area (Å²) >= 11 is 0. The Morgan fingerprint density at radius 2 is 1.70 bits per heavy atom. The van der Waals surface area contributed by atoms with E-state index in [2.05, 4.69) is 10.4 Å². The number of carbonyl (C=O) groups is 1. The molecule has 0 saturated carbocycles. The lowest BCUT2D eigenvalue weighted by Crippen LogP contribution is -2.32. The second-order valence-corrected chi connectivity index (χ2v) is 7.57. The summed E-state index contributed by atoms with van der Waals surface area (Å²) in [7, 11) is 1.80. The third-order valence-corrected chi connectivity index (χ3v) is 5.37. The minimum Gasteiger partial charge on any atom is -0.324 e. The summed E-state index contributed by atoms with van der Waals surface area (Å²) in [4.78, 5) is 26.1. The number of nitrogens with zero attached hydrogens (tertiary/aromatic N) is 3. The van der Waals surface area contributed by atoms with E-state index in [4.69, 9.17) is 0 Å². The SMILES string of the molecule is Cc1ccc(NC(=O)C(C)n2c(=O)cc(-c3ccccc3)c3c(C)nn(C)c32)cc1. The Hall–Kier alpha value is -3.67. The second kappa shape index (κ2) is 7.63. The fourth-order valence-corrected chi connectivity index (χ4v) is 3.83. The van der Waals surface area contributed by atoms with Gasteiger partial charge in [-0.2, -0.15) is 5.10 Å². The summed E-state index contributed by atoms with van der Waals surface area (Å²) < 4.78 is 3.19. The number of pyridine rings is 1. The molecule has 0 aliphatic heterocycles. The molecule has 0 fully saturated rings. The molecule has 1 atom stereocenters. The largest absolute Gasteiger partial charge is 0.324 e. The van der Waals surface area contributed by atoms with Crippen LogP contribution in [0.1, 0.15) is 24.2 Å². The summed E-state index contributed by atoms with van der Waals surface area (Å²) in [6, 6.07) is 18.2. The fourth-order valence-electron chi connectivity index (χ4n) is 3.83. The van der Waals surface area contributed by atoms with Crippen LogP contribution < -0.4 is 10.9 Å². The van der Waals surface area contributed by atoms with Crippen molar-refractivity contribution >= 4 is 22.6 Å². The van der Waals surface area contributed by atoms with Crippen LogP contribution in [0.15, 0.2) is 65.5 Å². The van der Waals surface area contributed by atoms with E-state index in [0.29, 0.717) is 11.3 Å². The first-order valence-corrected chi connectivity index (χ1v) is 9.88. The zero-order valence-corrected chi connectivity index (χ0v) is 17.5. The van der Waals surface area contributed by atoms with Gasteiger partial charge in [-0.1, -0.05) is 48.0 Å². The molecule has 6 heteroatoms. The van der Waals surface area contributed by atoms with Crippen LogP contribution >= 0.6 is 0 Å². The van der Waals surface area contributed by atoms with Crippen LogP contribution in [0.4, 0.5) is 5.69 Å². The van der Waals surface area contributed by atoms with Crippen molar-refractivity contribution in [3.63, 3.8) is 0 Å². The van der Waals surface area contributed by atoms with Gasteiger partial charge in [-0.25, -0.2) is 0 Å². The molecule has 2 heterocycles. The number of amides is 1. The zero-order chi connectivity index (χ0) is 21.4. The molecule has 0 saturated heterocycles. The van der Waals surface area contributed by atoms with Crippen molar-refractivity contribution in [2.75, 3.05) is 5.32 Å². The van der Waals surface area contributed by atoms with Gasteiger partial charge in [0.25, 0.3) is 5.56 Å². The van der Waals surface area contributed by atoms with Gasteiger partial charge in [-0.15, -0.1) is 0 Å². The molecule has 4 aromatic rings. The minimum atomic E-state index is -0.707. The Kier molecular flexibility index (Phi) is 4.99. The summed E-state index contributed by atoms with van der Waals surface area (Å²) in [6.07, 6.45) is 0. The Morgan fingerprint density at radius 3 is 2.37 bits per heavy atom. The molecular weight excluding hydrogens is 376 g/mol. The predicted octanol–water partition coefficient (Wildman–Crippen LogP) is 4.22. The quantitative estimate of drug-likeness (QED) is 0.558. The lowest BCUT2D eigenvalue weighted by atomic mass is 10.0. The van der Waals surface area contributed by atoms with Gasteiger partial charge in [0, 0.05) is 24.2 Å². The summed E-state index contributed by atoms with van der Waals surface area (Å²) in [5.74, 6) is -0.256. The highest BCUT2D eigenvalue weighted by atomic mass is 16.2. The molecular formula is C24H24N4O2. The summed E-state index contributed by atoms with van der Waals surface area (Å²) in [5, 5.41) is 8.32. The van der Waals surface area contributed by atoms with Crippen LogP contribution in [0.25, 0.3) is 22.2 Å². The van der Waals surface area contributed by atoms with E-state index < -0.39 is 6.04 Å². The van der Waals surface area contributed by atoms with Gasteiger partial charge in [0.15, 0.2) is 0 Å². The molecule has 2 aromatic heterocycles. The number of benzene rings is 2. The number of carbonyl (C=O) groups excluding carboxylic acids is 1. The van der Waals surface area contributed by atoms with Gasteiger partial charge >= 0.3 is 0 Å². The average molecular weight is 400 g/mol. The maximum Gasteiger partial charge on any atom is 0.253 e. The van der Waals surface area contributed by atoms with Crippen LogP contribution in [0.5, 0.6) is 0 Å². The number of aromatic nitrogens is 3. The molecule has 0 aliphatic carbocycles. The maximum absolute atomic E-state index is 13.2. The van der Waals surface area contributed by atoms with Gasteiger partial charge in [-0.3, -0.25) is 18.8 Å². The maximum atomic E-state index is 13.2. The lowest BCUT2D eigenvalue weighted by molar-refractivity contribution is -0.118. The highest BCUT2D eigenvalue weighted by Gasteiger charge is 2.24. The van der Waals surface area contributed by atoms with Crippen molar-refractivity contribution in [1.82, 2.24) is 14.3 Å². The smallest absolute Gasteiger partial charge is 0.253 e. The third-order valence-electron chi connectivity index (χ3n) is 5.37. The Bertz CT molecular complexity index is 1290. The van der Waals surface area contributed by atoms with Crippen molar-refractivity contribution in [3.8, 4) is 11.1 Å². The first kappa shape index (κ1) is 19.6. The molecule has 4 rings (SSSR count). The third kappa shape index (κ3) is 3.41. The van der Waals surface area contributed by atoms with Crippen LogP contribution in [0.3, 0.4) is 0 Å². The number of aryl methyl sites for hydroxylation is 3. The molecule has 0 spiro atoms. The number of hydrogen-bond donors (Lipinski definition) is 1. The van der Waals surface area contributed by atoms with Crippen molar-refractivity contribution in [2.24, 2.45) is 7.05 Å². The molecule has 1 N–H and O–H groups in total. The topological polar surface area (TPSA) is 68.9 Å². The van der Waals surface area contributed by atoms with Gasteiger partial charge < -0.3 is 5.32 Å².